The molecule has 180 valence electrons. The lowest BCUT2D eigenvalue weighted by Crippen LogP contribution is -2.54. The topological polar surface area (TPSA) is 64.4 Å². The average Bonchev–Trinajstić information content (AvgIpc) is 2.76. The fourth-order valence-corrected chi connectivity index (χ4v) is 3.88. The second-order valence-corrected chi connectivity index (χ2v) is 8.10. The predicted octanol–water partition coefficient (Wildman–Crippen LogP) is 5.73. The first-order valence-electron chi connectivity index (χ1n) is 10.2. The monoisotopic (exact) mass is 476 g/mol. The number of halogens is 6. The molecule has 1 aliphatic rings. The summed E-state index contributed by atoms with van der Waals surface area (Å²) in [4.78, 5) is 10.7. The quantitative estimate of drug-likeness (QED) is 0.329. The summed E-state index contributed by atoms with van der Waals surface area (Å²) in [6, 6.07) is 9.47. The number of hydrogen-bond donors (Lipinski definition) is 1. The fraction of sp³-hybridized carbons (Fsp3) is 0.455. The third-order valence-corrected chi connectivity index (χ3v) is 5.86. The van der Waals surface area contributed by atoms with Crippen LogP contribution in [0.3, 0.4) is 0 Å². The number of ether oxygens (including phenoxy) is 1. The van der Waals surface area contributed by atoms with Crippen molar-refractivity contribution in [3.63, 3.8) is 0 Å². The second kappa shape index (κ2) is 9.30. The van der Waals surface area contributed by atoms with Crippen molar-refractivity contribution in [2.24, 2.45) is 0 Å². The van der Waals surface area contributed by atoms with Crippen LogP contribution in [-0.2, 0) is 22.6 Å². The van der Waals surface area contributed by atoms with Crippen molar-refractivity contribution in [3.8, 4) is 0 Å². The zero-order valence-electron chi connectivity index (χ0n) is 17.5. The van der Waals surface area contributed by atoms with E-state index < -0.39 is 41.2 Å². The van der Waals surface area contributed by atoms with E-state index in [0.717, 1.165) is 5.56 Å². The van der Waals surface area contributed by atoms with Crippen LogP contribution < -0.4 is 5.32 Å². The van der Waals surface area contributed by atoms with E-state index in [0.29, 0.717) is 18.6 Å². The Balaban J connectivity index is 1.87. The number of hydrogen-bond acceptors (Lipinski definition) is 4. The molecule has 33 heavy (non-hydrogen) atoms. The van der Waals surface area contributed by atoms with Gasteiger partial charge in [-0.05, 0) is 42.7 Å². The van der Waals surface area contributed by atoms with Crippen LogP contribution in [0.2, 0.25) is 0 Å². The van der Waals surface area contributed by atoms with Gasteiger partial charge in [0.05, 0.1) is 35.9 Å². The summed E-state index contributed by atoms with van der Waals surface area (Å²) in [5, 5.41) is 14.3. The Morgan fingerprint density at radius 2 is 1.67 bits per heavy atom. The normalized spacial score (nSPS) is 22.7. The molecule has 0 amide bonds. The zero-order chi connectivity index (χ0) is 24.4. The van der Waals surface area contributed by atoms with Crippen molar-refractivity contribution in [2.45, 2.75) is 49.8 Å². The molecule has 1 fully saturated rings. The van der Waals surface area contributed by atoms with Gasteiger partial charge in [0.25, 0.3) is 0 Å². The molecule has 1 N–H and O–H groups in total. The molecule has 0 bridgehead atoms. The molecule has 2 aromatic rings. The molecule has 1 heterocycles. The molecule has 1 aliphatic heterocycles. The molecule has 3 atom stereocenters. The highest BCUT2D eigenvalue weighted by atomic mass is 19.4. The molecule has 2 aromatic carbocycles. The van der Waals surface area contributed by atoms with E-state index in [-0.39, 0.29) is 36.1 Å². The van der Waals surface area contributed by atoms with Gasteiger partial charge >= 0.3 is 12.4 Å². The minimum atomic E-state index is -4.95. The first-order valence-corrected chi connectivity index (χ1v) is 10.2. The van der Waals surface area contributed by atoms with E-state index in [4.69, 9.17) is 4.74 Å². The van der Waals surface area contributed by atoms with E-state index >= 15 is 0 Å². The lowest BCUT2D eigenvalue weighted by molar-refractivity contribution is -0.524. The van der Waals surface area contributed by atoms with Crippen molar-refractivity contribution in [2.75, 3.05) is 13.2 Å². The first kappa shape index (κ1) is 25.0. The van der Waals surface area contributed by atoms with Gasteiger partial charge < -0.3 is 4.74 Å². The smallest absolute Gasteiger partial charge is 0.372 e. The summed E-state index contributed by atoms with van der Waals surface area (Å²) in [6.45, 7) is 1.33. The van der Waals surface area contributed by atoms with E-state index in [1.807, 2.05) is 0 Å². The van der Waals surface area contributed by atoms with E-state index in [9.17, 15) is 36.5 Å². The number of piperidine rings is 1. The Bertz CT molecular complexity index is 938. The average molecular weight is 476 g/mol. The van der Waals surface area contributed by atoms with Crippen LogP contribution in [0.4, 0.5) is 26.3 Å². The number of nitrogens with one attached hydrogen (secondary N) is 1. The Morgan fingerprint density at radius 3 is 2.12 bits per heavy atom. The second-order valence-electron chi connectivity index (χ2n) is 8.10. The molecule has 0 radical (unpaired) electrons. The van der Waals surface area contributed by atoms with E-state index in [2.05, 4.69) is 5.32 Å². The van der Waals surface area contributed by atoms with Crippen LogP contribution in [0.25, 0.3) is 0 Å². The largest absolute Gasteiger partial charge is 0.416 e. The third-order valence-electron chi connectivity index (χ3n) is 5.86. The van der Waals surface area contributed by atoms with Crippen LogP contribution in [-0.4, -0.2) is 24.1 Å². The highest BCUT2D eigenvalue weighted by molar-refractivity contribution is 5.35. The van der Waals surface area contributed by atoms with Gasteiger partial charge in [-0.2, -0.15) is 26.3 Å². The molecule has 0 aromatic heterocycles. The predicted molar refractivity (Wildman–Crippen MR) is 107 cm³/mol. The Kier molecular flexibility index (Phi) is 7.04. The summed E-state index contributed by atoms with van der Waals surface area (Å²) in [7, 11) is 0. The van der Waals surface area contributed by atoms with Crippen LogP contribution in [0.15, 0.2) is 48.5 Å². The minimum Gasteiger partial charge on any atom is -0.372 e. The molecular weight excluding hydrogens is 454 g/mol. The third kappa shape index (κ3) is 5.83. The Hall–Kier alpha value is -2.66. The number of nitrogens with zero attached hydrogens (tertiary/aromatic N) is 1. The lowest BCUT2D eigenvalue weighted by atomic mass is 9.81. The Labute approximate surface area is 185 Å². The molecule has 0 saturated carbocycles. The van der Waals surface area contributed by atoms with Crippen molar-refractivity contribution < 1.29 is 36.0 Å². The van der Waals surface area contributed by atoms with Gasteiger partial charge in [0.15, 0.2) is 0 Å². The summed E-state index contributed by atoms with van der Waals surface area (Å²) >= 11 is 0. The summed E-state index contributed by atoms with van der Waals surface area (Å²) < 4.78 is 84.9. The number of alkyl halides is 6. The molecule has 5 nitrogen and oxygen atoms in total. The van der Waals surface area contributed by atoms with Gasteiger partial charge in [-0.15, -0.1) is 0 Å². The summed E-state index contributed by atoms with van der Waals surface area (Å²) in [5.74, 6) is 0. The van der Waals surface area contributed by atoms with Gasteiger partial charge in [0.1, 0.15) is 0 Å². The molecule has 11 heteroatoms. The molecular formula is C22H22F6N2O3. The molecule has 3 rings (SSSR count). The fourth-order valence-electron chi connectivity index (χ4n) is 3.88. The van der Waals surface area contributed by atoms with Crippen LogP contribution in [0, 0.1) is 10.1 Å². The zero-order valence-corrected chi connectivity index (χ0v) is 17.5. The van der Waals surface area contributed by atoms with Crippen LogP contribution in [0.1, 0.15) is 48.1 Å². The van der Waals surface area contributed by atoms with Crippen LogP contribution in [0.5, 0.6) is 0 Å². The highest BCUT2D eigenvalue weighted by Crippen LogP contribution is 2.39. The van der Waals surface area contributed by atoms with Gasteiger partial charge in [0.2, 0.25) is 6.04 Å². The van der Waals surface area contributed by atoms with E-state index in [1.54, 1.807) is 30.3 Å². The SMILES string of the molecule is C[C@@H](OC[C@@]1(c2ccccc2)CCC([N+](=O)[O-])CN1)c1cc(C(F)(F)F)cc(C(F)(F)F)c1. The maximum atomic E-state index is 13.2. The summed E-state index contributed by atoms with van der Waals surface area (Å²) in [5.41, 5.74) is -3.19. The standard InChI is InChI=1S/C22H22F6N2O3/c1-14(15-9-17(21(23,24)25)11-18(10-15)22(26,27)28)33-13-20(16-5-3-2-4-6-16)8-7-19(12-29-20)30(31)32/h2-6,9-11,14,19,29H,7-8,12-13H2,1H3/t14-,19?,20-/m1/s1. The van der Waals surface area contributed by atoms with Crippen molar-refractivity contribution in [3.05, 3.63) is 80.9 Å². The Morgan fingerprint density at radius 1 is 1.09 bits per heavy atom. The molecule has 1 saturated heterocycles. The molecule has 0 aliphatic carbocycles. The van der Waals surface area contributed by atoms with Gasteiger partial charge in [0, 0.05) is 11.3 Å². The van der Waals surface area contributed by atoms with Crippen LogP contribution >= 0.6 is 0 Å². The lowest BCUT2D eigenvalue weighted by Gasteiger charge is -2.40. The van der Waals surface area contributed by atoms with Gasteiger partial charge in [-0.3, -0.25) is 15.4 Å². The highest BCUT2D eigenvalue weighted by Gasteiger charge is 2.41. The van der Waals surface area contributed by atoms with Crippen molar-refractivity contribution >= 4 is 0 Å². The number of benzene rings is 2. The van der Waals surface area contributed by atoms with E-state index in [1.165, 1.54) is 6.92 Å². The van der Waals surface area contributed by atoms with Crippen molar-refractivity contribution in [1.29, 1.82) is 0 Å². The summed E-state index contributed by atoms with van der Waals surface area (Å²) in [6.07, 6.45) is -10.4. The minimum absolute atomic E-state index is 0.0570. The van der Waals surface area contributed by atoms with Crippen molar-refractivity contribution in [1.82, 2.24) is 5.32 Å². The maximum Gasteiger partial charge on any atom is 0.416 e. The maximum absolute atomic E-state index is 13.2. The number of rotatable bonds is 6. The molecule has 1 unspecified atom stereocenters. The first-order chi connectivity index (χ1) is 15.3. The molecule has 0 spiro atoms. The number of nitro groups is 1. The van der Waals surface area contributed by atoms with Gasteiger partial charge in [-0.1, -0.05) is 30.3 Å². The van der Waals surface area contributed by atoms with Gasteiger partial charge in [-0.25, -0.2) is 0 Å².